The molecular weight excluding hydrogens is 460 g/mol. The van der Waals surface area contributed by atoms with Crippen LogP contribution in [0.25, 0.3) is 0 Å². The van der Waals surface area contributed by atoms with E-state index in [9.17, 15) is 19.6 Å². The van der Waals surface area contributed by atoms with Crippen LogP contribution in [0, 0.1) is 62.1 Å². The minimum Gasteiger partial charge on any atom is -0.348 e. The largest absolute Gasteiger partial charge is 0.348 e. The lowest BCUT2D eigenvalue weighted by atomic mass is 9.34. The Labute approximate surface area is 222 Å². The highest BCUT2D eigenvalue weighted by Gasteiger charge is 2.70. The molecule has 0 radical (unpaired) electrons. The Kier molecular flexibility index (Phi) is 5.64. The van der Waals surface area contributed by atoms with Crippen LogP contribution in [0.1, 0.15) is 86.5 Å². The monoisotopic (exact) mass is 504 g/mol. The van der Waals surface area contributed by atoms with Gasteiger partial charge in [0.25, 0.3) is 0 Å². The summed E-state index contributed by atoms with van der Waals surface area (Å²) in [4.78, 5) is 42.9. The highest BCUT2D eigenvalue weighted by Crippen LogP contribution is 2.73. The van der Waals surface area contributed by atoms with Crippen molar-refractivity contribution in [3.05, 3.63) is 23.3 Å². The molecule has 3 saturated carbocycles. The Morgan fingerprint density at radius 3 is 2.27 bits per heavy atom. The van der Waals surface area contributed by atoms with Crippen LogP contribution in [0.2, 0.25) is 0 Å². The molecule has 0 spiro atoms. The van der Waals surface area contributed by atoms with Crippen LogP contribution in [0.4, 0.5) is 0 Å². The molecule has 0 unspecified atom stereocenters. The molecule has 0 aromatic rings. The van der Waals surface area contributed by atoms with E-state index in [1.807, 2.05) is 33.2 Å². The van der Waals surface area contributed by atoms with Crippen LogP contribution in [0.15, 0.2) is 23.3 Å². The van der Waals surface area contributed by atoms with Gasteiger partial charge >= 0.3 is 0 Å². The molecule has 37 heavy (non-hydrogen) atoms. The summed E-state index contributed by atoms with van der Waals surface area (Å²) in [5, 5.41) is 9.78. The maximum Gasteiger partial charge on any atom is 0.228 e. The van der Waals surface area contributed by atoms with Gasteiger partial charge < -0.3 is 4.90 Å². The summed E-state index contributed by atoms with van der Waals surface area (Å²) in [5.41, 5.74) is -0.0175. The van der Waals surface area contributed by atoms with Gasteiger partial charge in [-0.3, -0.25) is 14.4 Å². The molecule has 5 heteroatoms. The van der Waals surface area contributed by atoms with Crippen LogP contribution >= 0.6 is 0 Å². The van der Waals surface area contributed by atoms with Crippen LogP contribution in [0.3, 0.4) is 0 Å². The van der Waals surface area contributed by atoms with Crippen molar-refractivity contribution in [1.29, 1.82) is 5.26 Å². The third-order valence-corrected chi connectivity index (χ3v) is 12.3. The molecule has 5 aliphatic rings. The Morgan fingerprint density at radius 2 is 1.65 bits per heavy atom. The second kappa shape index (κ2) is 7.90. The molecule has 5 nitrogen and oxygen atoms in total. The third kappa shape index (κ3) is 3.23. The number of hydrogen-bond acceptors (Lipinski definition) is 4. The third-order valence-electron chi connectivity index (χ3n) is 12.3. The number of allylic oxidation sites excluding steroid dienone is 4. The highest BCUT2D eigenvalue weighted by atomic mass is 16.2. The minimum absolute atomic E-state index is 0.0228. The summed E-state index contributed by atoms with van der Waals surface area (Å²) in [6.07, 6.45) is 10.1. The van der Waals surface area contributed by atoms with Gasteiger partial charge in [0.2, 0.25) is 5.91 Å². The van der Waals surface area contributed by atoms with Crippen molar-refractivity contribution in [2.24, 2.45) is 50.7 Å². The minimum atomic E-state index is -0.491. The van der Waals surface area contributed by atoms with Gasteiger partial charge in [-0.25, -0.2) is 0 Å². The molecule has 0 aliphatic heterocycles. The number of hydrogen-bond donors (Lipinski definition) is 0. The lowest BCUT2D eigenvalue weighted by Gasteiger charge is -2.68. The number of carbonyl (C=O) groups excluding carboxylic acids is 3. The number of amides is 1. The Morgan fingerprint density at radius 1 is 1.00 bits per heavy atom. The standard InChI is InChI=1S/C32H44N2O3/c1-19-21-9-10-30(5)24(29(21,4)16-20(18-33)26(19)36)15-23(35)25-22-17-28(2,3)11-13-32(22,27(37)34(7)8)14-12-31(25,30)6/h15-16,19,21-22,25H,9-14,17H2,1-8H3/t19-,21-,22-,25-,29-,30+,31+,32-/m0/s1. The van der Waals surface area contributed by atoms with Gasteiger partial charge in [0.05, 0.1) is 11.0 Å². The van der Waals surface area contributed by atoms with Crippen molar-refractivity contribution >= 4 is 17.5 Å². The summed E-state index contributed by atoms with van der Waals surface area (Å²) in [7, 11) is 3.72. The fourth-order valence-electron chi connectivity index (χ4n) is 10.1. The van der Waals surface area contributed by atoms with Gasteiger partial charge in [-0.2, -0.15) is 5.26 Å². The SMILES string of the molecule is C[C@@H]1C(=O)C(C#N)=C[C@]2(C)C3=CC(=O)[C@@H]4[C@@H]5CC(C)(C)CC[C@]5(C(=O)N(C)C)CC[C@@]4(C)[C@]3(C)CC[C@@H]12. The number of fused-ring (bicyclic) bond motifs is 7. The zero-order chi connectivity index (χ0) is 27.3. The van der Waals surface area contributed by atoms with E-state index in [1.165, 1.54) is 0 Å². The molecule has 5 aliphatic carbocycles. The van der Waals surface area contributed by atoms with E-state index in [2.05, 4.69) is 40.7 Å². The van der Waals surface area contributed by atoms with Crippen molar-refractivity contribution < 1.29 is 14.4 Å². The molecule has 0 heterocycles. The van der Waals surface area contributed by atoms with Crippen molar-refractivity contribution in [1.82, 2.24) is 4.90 Å². The maximum atomic E-state index is 14.4. The average molecular weight is 505 g/mol. The molecule has 3 fully saturated rings. The summed E-state index contributed by atoms with van der Waals surface area (Å²) >= 11 is 0. The first-order valence-electron chi connectivity index (χ1n) is 14.2. The second-order valence-corrected chi connectivity index (χ2v) is 14.8. The topological polar surface area (TPSA) is 78.2 Å². The highest BCUT2D eigenvalue weighted by molar-refractivity contribution is 6.02. The van der Waals surface area contributed by atoms with Crippen LogP contribution in [-0.4, -0.2) is 36.5 Å². The fourth-order valence-corrected chi connectivity index (χ4v) is 10.1. The van der Waals surface area contributed by atoms with E-state index >= 15 is 0 Å². The first kappa shape index (κ1) is 26.4. The summed E-state index contributed by atoms with van der Waals surface area (Å²) in [5.74, 6) is -0.0151. The van der Waals surface area contributed by atoms with Gasteiger partial charge in [-0.1, -0.05) is 53.2 Å². The van der Waals surface area contributed by atoms with Crippen molar-refractivity contribution in [3.8, 4) is 6.07 Å². The number of ketones is 2. The molecule has 1 amide bonds. The van der Waals surface area contributed by atoms with Gasteiger partial charge in [-0.05, 0) is 79.1 Å². The van der Waals surface area contributed by atoms with Crippen LogP contribution < -0.4 is 0 Å². The van der Waals surface area contributed by atoms with Gasteiger partial charge in [0, 0.05) is 31.3 Å². The Balaban J connectivity index is 1.69. The predicted molar refractivity (Wildman–Crippen MR) is 143 cm³/mol. The zero-order valence-electron chi connectivity index (χ0n) is 24.0. The van der Waals surface area contributed by atoms with E-state index in [1.54, 1.807) is 4.90 Å². The van der Waals surface area contributed by atoms with Crippen molar-refractivity contribution in [2.75, 3.05) is 14.1 Å². The number of nitrogens with zero attached hydrogens (tertiary/aromatic N) is 2. The van der Waals surface area contributed by atoms with Gasteiger partial charge in [0.15, 0.2) is 11.6 Å². The summed E-state index contributed by atoms with van der Waals surface area (Å²) < 4.78 is 0. The molecule has 8 atom stereocenters. The Hall–Kier alpha value is -2.22. The van der Waals surface area contributed by atoms with E-state index in [4.69, 9.17) is 0 Å². The molecule has 5 rings (SSSR count). The van der Waals surface area contributed by atoms with Crippen molar-refractivity contribution in [2.45, 2.75) is 86.5 Å². The quantitative estimate of drug-likeness (QED) is 0.445. The van der Waals surface area contributed by atoms with Crippen LogP contribution in [0.5, 0.6) is 0 Å². The lowest BCUT2D eigenvalue weighted by Crippen LogP contribution is -2.66. The summed E-state index contributed by atoms with van der Waals surface area (Å²) in [6.45, 7) is 13.4. The lowest BCUT2D eigenvalue weighted by molar-refractivity contribution is -0.182. The fraction of sp³-hybridized carbons (Fsp3) is 0.750. The molecule has 0 N–H and O–H groups in total. The van der Waals surface area contributed by atoms with E-state index in [0.717, 1.165) is 50.5 Å². The number of Topliss-reactive ketones (excluding diaryl/α,β-unsaturated/α-hetero) is 1. The predicted octanol–water partition coefficient (Wildman–Crippen LogP) is 5.90. The van der Waals surface area contributed by atoms with E-state index in [0.29, 0.717) is 0 Å². The van der Waals surface area contributed by atoms with Crippen molar-refractivity contribution in [3.63, 3.8) is 0 Å². The average Bonchev–Trinajstić information content (AvgIpc) is 2.82. The normalized spacial score (nSPS) is 46.2. The van der Waals surface area contributed by atoms with Gasteiger partial charge in [-0.15, -0.1) is 0 Å². The first-order valence-corrected chi connectivity index (χ1v) is 14.2. The van der Waals surface area contributed by atoms with Crippen LogP contribution in [-0.2, 0) is 14.4 Å². The summed E-state index contributed by atoms with van der Waals surface area (Å²) in [6, 6.07) is 2.16. The second-order valence-electron chi connectivity index (χ2n) is 14.8. The molecular formula is C32H44N2O3. The number of nitriles is 1. The zero-order valence-corrected chi connectivity index (χ0v) is 24.0. The Bertz CT molecular complexity index is 1190. The maximum absolute atomic E-state index is 14.4. The molecule has 0 saturated heterocycles. The molecule has 200 valence electrons. The number of carbonyl (C=O) groups is 3. The molecule has 0 aromatic carbocycles. The smallest absolute Gasteiger partial charge is 0.228 e. The van der Waals surface area contributed by atoms with Gasteiger partial charge in [0.1, 0.15) is 6.07 Å². The van der Waals surface area contributed by atoms with E-state index in [-0.39, 0.29) is 63.0 Å². The first-order chi connectivity index (χ1) is 17.1. The number of rotatable bonds is 1. The molecule has 0 aromatic heterocycles. The van der Waals surface area contributed by atoms with E-state index < -0.39 is 10.8 Å². The molecule has 0 bridgehead atoms.